The number of nitrogens with zero attached hydrogens (tertiary/aromatic N) is 3. The molecule has 0 saturated heterocycles. The van der Waals surface area contributed by atoms with Gasteiger partial charge >= 0.3 is 0 Å². The quantitative estimate of drug-likeness (QED) is 0.630. The number of nitrogens with one attached hydrogen (secondary N) is 1. The molecule has 0 fully saturated rings. The first-order chi connectivity index (χ1) is 10.1. The van der Waals surface area contributed by atoms with Gasteiger partial charge in [-0.25, -0.2) is 5.84 Å². The van der Waals surface area contributed by atoms with Crippen LogP contribution in [-0.4, -0.2) is 35.2 Å². The third-order valence-electron chi connectivity index (χ3n) is 2.93. The molecule has 1 aromatic carbocycles. The Morgan fingerprint density at radius 2 is 2.14 bits per heavy atom. The van der Waals surface area contributed by atoms with Crippen LogP contribution in [0.25, 0.3) is 0 Å². The van der Waals surface area contributed by atoms with Crippen LogP contribution in [0.2, 0.25) is 0 Å². The molecule has 0 spiro atoms. The summed E-state index contributed by atoms with van der Waals surface area (Å²) in [6, 6.07) is 10.7. The summed E-state index contributed by atoms with van der Waals surface area (Å²) in [5.74, 6) is 6.15. The van der Waals surface area contributed by atoms with Crippen LogP contribution in [0.15, 0.2) is 36.4 Å². The van der Waals surface area contributed by atoms with Crippen LogP contribution in [0.3, 0.4) is 0 Å². The number of hydrogen-bond donors (Lipinski definition) is 2. The summed E-state index contributed by atoms with van der Waals surface area (Å²) in [5.41, 5.74) is 3.60. The van der Waals surface area contributed by atoms with E-state index < -0.39 is 0 Å². The molecule has 0 aliphatic rings. The molecule has 1 aromatic heterocycles. The molecule has 0 bridgehead atoms. The van der Waals surface area contributed by atoms with Crippen LogP contribution in [0.4, 0.5) is 5.82 Å². The van der Waals surface area contributed by atoms with Gasteiger partial charge in [0.05, 0.1) is 7.11 Å². The maximum absolute atomic E-state index is 12.2. The van der Waals surface area contributed by atoms with Crippen molar-refractivity contribution in [3.8, 4) is 5.75 Å². The fraction of sp³-hybridized carbons (Fsp3) is 0.214. The highest BCUT2D eigenvalue weighted by molar-refractivity contribution is 5.92. The van der Waals surface area contributed by atoms with Crippen LogP contribution in [-0.2, 0) is 6.54 Å². The van der Waals surface area contributed by atoms with E-state index in [1.54, 1.807) is 31.2 Å². The number of carbonyl (C=O) groups is 1. The van der Waals surface area contributed by atoms with E-state index in [0.717, 1.165) is 11.3 Å². The molecule has 1 amide bonds. The van der Waals surface area contributed by atoms with Crippen molar-refractivity contribution in [2.75, 3.05) is 19.6 Å². The van der Waals surface area contributed by atoms with Crippen LogP contribution < -0.4 is 16.0 Å². The molecule has 110 valence electrons. The van der Waals surface area contributed by atoms with E-state index in [1.165, 1.54) is 0 Å². The number of amides is 1. The Morgan fingerprint density at radius 1 is 1.33 bits per heavy atom. The van der Waals surface area contributed by atoms with Gasteiger partial charge in [-0.2, -0.15) is 0 Å². The fourth-order valence-electron chi connectivity index (χ4n) is 1.84. The maximum Gasteiger partial charge on any atom is 0.274 e. The van der Waals surface area contributed by atoms with Crippen LogP contribution in [0.5, 0.6) is 5.75 Å². The highest BCUT2D eigenvalue weighted by Gasteiger charge is 2.14. The number of rotatable bonds is 5. The van der Waals surface area contributed by atoms with E-state index in [2.05, 4.69) is 15.6 Å². The van der Waals surface area contributed by atoms with E-state index in [9.17, 15) is 4.79 Å². The molecule has 21 heavy (non-hydrogen) atoms. The van der Waals surface area contributed by atoms with Gasteiger partial charge in [-0.3, -0.25) is 4.79 Å². The third kappa shape index (κ3) is 3.67. The zero-order valence-electron chi connectivity index (χ0n) is 11.9. The largest absolute Gasteiger partial charge is 0.497 e. The molecule has 0 aliphatic carbocycles. The summed E-state index contributed by atoms with van der Waals surface area (Å²) in [6.07, 6.45) is 0. The molecule has 0 aliphatic heterocycles. The molecule has 2 aromatic rings. The van der Waals surface area contributed by atoms with Crippen molar-refractivity contribution in [2.24, 2.45) is 5.84 Å². The van der Waals surface area contributed by atoms with Crippen molar-refractivity contribution >= 4 is 11.7 Å². The van der Waals surface area contributed by atoms with Gasteiger partial charge in [0.25, 0.3) is 5.91 Å². The molecular formula is C14H17N5O2. The predicted molar refractivity (Wildman–Crippen MR) is 78.6 cm³/mol. The number of carbonyl (C=O) groups excluding carboxylic acids is 1. The van der Waals surface area contributed by atoms with Crippen molar-refractivity contribution in [1.29, 1.82) is 0 Å². The number of ether oxygens (including phenoxy) is 1. The summed E-state index contributed by atoms with van der Waals surface area (Å²) in [4.78, 5) is 13.8. The minimum atomic E-state index is -0.214. The second-order valence-electron chi connectivity index (χ2n) is 4.46. The van der Waals surface area contributed by atoms with Crippen molar-refractivity contribution < 1.29 is 9.53 Å². The average molecular weight is 287 g/mol. The van der Waals surface area contributed by atoms with Gasteiger partial charge < -0.3 is 15.1 Å². The SMILES string of the molecule is COc1cccc(CN(C)C(=O)c2ccc(NN)nn2)c1. The molecule has 0 radical (unpaired) electrons. The monoisotopic (exact) mass is 287 g/mol. The lowest BCUT2D eigenvalue weighted by atomic mass is 10.2. The standard InChI is InChI=1S/C14H17N5O2/c1-19(9-10-4-3-5-11(8-10)21-2)14(20)12-6-7-13(16-15)18-17-12/h3-8H,9,15H2,1-2H3,(H,16,18). The molecule has 0 saturated carbocycles. The van der Waals surface area contributed by atoms with Crippen LogP contribution in [0, 0.1) is 0 Å². The van der Waals surface area contributed by atoms with Crippen LogP contribution in [0.1, 0.15) is 16.1 Å². The third-order valence-corrected chi connectivity index (χ3v) is 2.93. The van der Waals surface area contributed by atoms with Gasteiger partial charge in [-0.05, 0) is 29.8 Å². The highest BCUT2D eigenvalue weighted by atomic mass is 16.5. The number of aromatic nitrogens is 2. The van der Waals surface area contributed by atoms with E-state index in [1.807, 2.05) is 24.3 Å². The van der Waals surface area contributed by atoms with Crippen molar-refractivity contribution in [3.63, 3.8) is 0 Å². The number of nitrogen functional groups attached to an aromatic ring is 1. The number of hydrogen-bond acceptors (Lipinski definition) is 6. The lowest BCUT2D eigenvalue weighted by Gasteiger charge is -2.17. The Morgan fingerprint density at radius 3 is 2.76 bits per heavy atom. The fourth-order valence-corrected chi connectivity index (χ4v) is 1.84. The van der Waals surface area contributed by atoms with Crippen LogP contribution >= 0.6 is 0 Å². The molecule has 3 N–H and O–H groups in total. The van der Waals surface area contributed by atoms with E-state index in [0.29, 0.717) is 12.4 Å². The van der Waals surface area contributed by atoms with Gasteiger partial charge in [0.1, 0.15) is 5.75 Å². The number of nitrogens with two attached hydrogens (primary N) is 1. The smallest absolute Gasteiger partial charge is 0.274 e. The number of methoxy groups -OCH3 is 1. The first kappa shape index (κ1) is 14.7. The molecule has 0 atom stereocenters. The summed E-state index contributed by atoms with van der Waals surface area (Å²) in [6.45, 7) is 0.453. The number of anilines is 1. The van der Waals surface area contributed by atoms with Gasteiger partial charge in [-0.1, -0.05) is 12.1 Å². The lowest BCUT2D eigenvalue weighted by molar-refractivity contribution is 0.0778. The first-order valence-electron chi connectivity index (χ1n) is 6.33. The molecule has 7 nitrogen and oxygen atoms in total. The summed E-state index contributed by atoms with van der Waals surface area (Å²) < 4.78 is 5.16. The predicted octanol–water partition coefficient (Wildman–Crippen LogP) is 1.04. The Labute approximate surface area is 122 Å². The second-order valence-corrected chi connectivity index (χ2v) is 4.46. The summed E-state index contributed by atoms with van der Waals surface area (Å²) >= 11 is 0. The minimum absolute atomic E-state index is 0.214. The molecule has 0 unspecified atom stereocenters. The normalized spacial score (nSPS) is 10.0. The van der Waals surface area contributed by atoms with Crippen molar-refractivity contribution in [1.82, 2.24) is 15.1 Å². The molecular weight excluding hydrogens is 270 g/mol. The van der Waals surface area contributed by atoms with Gasteiger partial charge in [0.15, 0.2) is 11.5 Å². The zero-order chi connectivity index (χ0) is 15.2. The summed E-state index contributed by atoms with van der Waals surface area (Å²) in [7, 11) is 3.31. The van der Waals surface area contributed by atoms with E-state index >= 15 is 0 Å². The molecule has 1 heterocycles. The van der Waals surface area contributed by atoms with Gasteiger partial charge in [-0.15, -0.1) is 10.2 Å². The number of hydrazine groups is 1. The van der Waals surface area contributed by atoms with Crippen molar-refractivity contribution in [3.05, 3.63) is 47.7 Å². The summed E-state index contributed by atoms with van der Waals surface area (Å²) in [5, 5.41) is 7.62. The lowest BCUT2D eigenvalue weighted by Crippen LogP contribution is -2.27. The highest BCUT2D eigenvalue weighted by Crippen LogP contribution is 2.14. The molecule has 2 rings (SSSR count). The van der Waals surface area contributed by atoms with E-state index in [-0.39, 0.29) is 11.6 Å². The number of benzene rings is 1. The topological polar surface area (TPSA) is 93.4 Å². The second kappa shape index (κ2) is 6.67. The minimum Gasteiger partial charge on any atom is -0.497 e. The first-order valence-corrected chi connectivity index (χ1v) is 6.33. The van der Waals surface area contributed by atoms with Crippen molar-refractivity contribution in [2.45, 2.75) is 6.54 Å². The Balaban J connectivity index is 2.07. The maximum atomic E-state index is 12.2. The Hall–Kier alpha value is -2.67. The Kier molecular flexibility index (Phi) is 4.68. The van der Waals surface area contributed by atoms with Gasteiger partial charge in [0, 0.05) is 13.6 Å². The molecule has 7 heteroatoms. The Bertz CT molecular complexity index is 615. The zero-order valence-corrected chi connectivity index (χ0v) is 11.9. The average Bonchev–Trinajstić information content (AvgIpc) is 2.54. The van der Waals surface area contributed by atoms with E-state index in [4.69, 9.17) is 10.6 Å². The van der Waals surface area contributed by atoms with Gasteiger partial charge in [0.2, 0.25) is 0 Å².